The van der Waals surface area contributed by atoms with Crippen LogP contribution in [0.3, 0.4) is 0 Å². The van der Waals surface area contributed by atoms with Crippen LogP contribution in [0.5, 0.6) is 0 Å². The van der Waals surface area contributed by atoms with E-state index in [-0.39, 0.29) is 17.4 Å². The summed E-state index contributed by atoms with van der Waals surface area (Å²) in [6.45, 7) is 9.98. The molecule has 128 valence electrons. The minimum atomic E-state index is -1.01. The summed E-state index contributed by atoms with van der Waals surface area (Å²) in [5, 5.41) is 9.51. The molecule has 0 aliphatic carbocycles. The van der Waals surface area contributed by atoms with Crippen molar-refractivity contribution in [3.63, 3.8) is 0 Å². The van der Waals surface area contributed by atoms with Crippen molar-refractivity contribution in [3.8, 4) is 0 Å². The molecule has 23 heavy (non-hydrogen) atoms. The molecule has 1 aromatic heterocycles. The number of carboxylic acid groups (broad SMARTS) is 1. The average molecular weight is 322 g/mol. The molecule has 1 heterocycles. The second-order valence-electron chi connectivity index (χ2n) is 6.16. The Morgan fingerprint density at radius 3 is 2.52 bits per heavy atom. The first-order chi connectivity index (χ1) is 10.8. The van der Waals surface area contributed by atoms with E-state index in [1.165, 1.54) is 17.0 Å². The van der Waals surface area contributed by atoms with Crippen LogP contribution >= 0.6 is 0 Å². The van der Waals surface area contributed by atoms with Gasteiger partial charge in [-0.15, -0.1) is 0 Å². The van der Waals surface area contributed by atoms with Gasteiger partial charge < -0.3 is 9.84 Å². The largest absolute Gasteiger partial charge is 0.501 e. The Bertz CT molecular complexity index is 618. The number of rotatable bonds is 8. The van der Waals surface area contributed by atoms with E-state index in [1.54, 1.807) is 6.08 Å². The number of ether oxygens (including phenoxy) is 1. The number of hydrogen-bond donors (Lipinski definition) is 1. The summed E-state index contributed by atoms with van der Waals surface area (Å²) in [6.07, 6.45) is 5.01. The lowest BCUT2D eigenvalue weighted by atomic mass is 10.0. The van der Waals surface area contributed by atoms with Gasteiger partial charge in [-0.1, -0.05) is 27.7 Å². The highest BCUT2D eigenvalue weighted by Crippen LogP contribution is 2.18. The second-order valence-corrected chi connectivity index (χ2v) is 6.16. The molecule has 6 nitrogen and oxygen atoms in total. The van der Waals surface area contributed by atoms with Crippen LogP contribution in [-0.2, 0) is 9.53 Å². The van der Waals surface area contributed by atoms with Gasteiger partial charge in [0.1, 0.15) is 11.7 Å². The quantitative estimate of drug-likeness (QED) is 0.744. The average Bonchev–Trinajstić information content (AvgIpc) is 2.46. The molecule has 0 bridgehead atoms. The molecule has 0 aliphatic heterocycles. The van der Waals surface area contributed by atoms with Crippen molar-refractivity contribution < 1.29 is 14.6 Å². The third kappa shape index (κ3) is 5.23. The van der Waals surface area contributed by atoms with E-state index in [0.29, 0.717) is 24.4 Å². The molecule has 1 N–H and O–H groups in total. The van der Waals surface area contributed by atoms with E-state index in [4.69, 9.17) is 4.74 Å². The predicted molar refractivity (Wildman–Crippen MR) is 89.4 cm³/mol. The van der Waals surface area contributed by atoms with Crippen molar-refractivity contribution in [2.24, 2.45) is 5.92 Å². The normalized spacial score (nSPS) is 13.0. The molecule has 1 unspecified atom stereocenters. The first kappa shape index (κ1) is 18.9. The standard InChI is InChI=1S/C17H26N2O4/c1-6-23-8-7-13-10-19(14(17(21)22)9-11(2)3)16(20)15(18-13)12(4)5/h7-8,10-12,14H,6,9H2,1-5H3,(H,21,22). The zero-order valence-corrected chi connectivity index (χ0v) is 14.4. The minimum absolute atomic E-state index is 0.0947. The molecular formula is C17H26N2O4. The molecule has 6 heteroatoms. The van der Waals surface area contributed by atoms with Crippen LogP contribution in [-0.4, -0.2) is 27.2 Å². The summed E-state index contributed by atoms with van der Waals surface area (Å²) in [6, 6.07) is -0.901. The van der Waals surface area contributed by atoms with Crippen molar-refractivity contribution in [2.75, 3.05) is 6.61 Å². The number of aromatic nitrogens is 2. The third-order valence-electron chi connectivity index (χ3n) is 3.34. The van der Waals surface area contributed by atoms with Crippen LogP contribution in [0.4, 0.5) is 0 Å². The van der Waals surface area contributed by atoms with Gasteiger partial charge in [-0.2, -0.15) is 0 Å². The number of hydrogen-bond acceptors (Lipinski definition) is 4. The Morgan fingerprint density at radius 1 is 1.39 bits per heavy atom. The lowest BCUT2D eigenvalue weighted by Gasteiger charge is -2.19. The molecule has 0 radical (unpaired) electrons. The highest BCUT2D eigenvalue weighted by atomic mass is 16.5. The van der Waals surface area contributed by atoms with Gasteiger partial charge in [0, 0.05) is 12.1 Å². The van der Waals surface area contributed by atoms with Crippen molar-refractivity contribution in [2.45, 2.75) is 53.0 Å². The van der Waals surface area contributed by atoms with Crippen molar-refractivity contribution in [1.82, 2.24) is 9.55 Å². The minimum Gasteiger partial charge on any atom is -0.501 e. The zero-order valence-electron chi connectivity index (χ0n) is 14.4. The molecule has 0 aliphatic rings. The van der Waals surface area contributed by atoms with E-state index in [0.717, 1.165) is 0 Å². The van der Waals surface area contributed by atoms with Crippen molar-refractivity contribution in [1.29, 1.82) is 0 Å². The van der Waals surface area contributed by atoms with E-state index in [9.17, 15) is 14.7 Å². The van der Waals surface area contributed by atoms with Gasteiger partial charge in [-0.3, -0.25) is 9.36 Å². The molecule has 0 fully saturated rings. The van der Waals surface area contributed by atoms with Crippen LogP contribution < -0.4 is 5.56 Å². The molecule has 0 saturated carbocycles. The Balaban J connectivity index is 3.43. The first-order valence-electron chi connectivity index (χ1n) is 7.91. The molecule has 0 aromatic carbocycles. The van der Waals surface area contributed by atoms with Crippen LogP contribution in [0.15, 0.2) is 17.3 Å². The maximum absolute atomic E-state index is 12.6. The number of carbonyl (C=O) groups is 1. The van der Waals surface area contributed by atoms with Gasteiger partial charge in [-0.25, -0.2) is 9.78 Å². The lowest BCUT2D eigenvalue weighted by molar-refractivity contribution is -0.141. The van der Waals surface area contributed by atoms with Crippen molar-refractivity contribution in [3.05, 3.63) is 34.2 Å². The van der Waals surface area contributed by atoms with E-state index >= 15 is 0 Å². The van der Waals surface area contributed by atoms with Crippen molar-refractivity contribution >= 4 is 12.0 Å². The topological polar surface area (TPSA) is 81.4 Å². The van der Waals surface area contributed by atoms with E-state index in [2.05, 4.69) is 4.98 Å². The van der Waals surface area contributed by atoms with Crippen LogP contribution in [0.25, 0.3) is 6.08 Å². The summed E-state index contributed by atoms with van der Waals surface area (Å²) in [4.78, 5) is 28.6. The van der Waals surface area contributed by atoms with E-state index in [1.807, 2.05) is 34.6 Å². The van der Waals surface area contributed by atoms with Crippen LogP contribution in [0.2, 0.25) is 0 Å². The van der Waals surface area contributed by atoms with Crippen LogP contribution in [0.1, 0.15) is 64.4 Å². The molecule has 1 atom stereocenters. The molecule has 0 spiro atoms. The zero-order chi connectivity index (χ0) is 17.6. The molecule has 0 saturated heterocycles. The Hall–Kier alpha value is -2.11. The Labute approximate surface area is 136 Å². The van der Waals surface area contributed by atoms with Gasteiger partial charge in [0.15, 0.2) is 0 Å². The summed E-state index contributed by atoms with van der Waals surface area (Å²) in [5.41, 5.74) is 0.525. The molecule has 1 rings (SSSR count). The fourth-order valence-corrected chi connectivity index (χ4v) is 2.23. The molecule has 0 amide bonds. The van der Waals surface area contributed by atoms with Gasteiger partial charge in [0.2, 0.25) is 0 Å². The monoisotopic (exact) mass is 322 g/mol. The van der Waals surface area contributed by atoms with Gasteiger partial charge in [0.05, 0.1) is 18.6 Å². The molecule has 1 aromatic rings. The third-order valence-corrected chi connectivity index (χ3v) is 3.34. The Kier molecular flexibility index (Phi) is 7.00. The second kappa shape index (κ2) is 8.50. The number of aliphatic carboxylic acids is 1. The summed E-state index contributed by atoms with van der Waals surface area (Å²) >= 11 is 0. The summed E-state index contributed by atoms with van der Waals surface area (Å²) < 4.78 is 6.44. The van der Waals surface area contributed by atoms with Gasteiger partial charge >= 0.3 is 5.97 Å². The van der Waals surface area contributed by atoms with Gasteiger partial charge in [0.25, 0.3) is 5.56 Å². The fraction of sp³-hybridized carbons (Fsp3) is 0.588. The first-order valence-corrected chi connectivity index (χ1v) is 7.91. The Morgan fingerprint density at radius 2 is 2.04 bits per heavy atom. The van der Waals surface area contributed by atoms with E-state index < -0.39 is 12.0 Å². The molecular weight excluding hydrogens is 296 g/mol. The summed E-state index contributed by atoms with van der Waals surface area (Å²) in [5.74, 6) is -0.954. The predicted octanol–water partition coefficient (Wildman–Crippen LogP) is 3.05. The highest BCUT2D eigenvalue weighted by molar-refractivity contribution is 5.72. The fourth-order valence-electron chi connectivity index (χ4n) is 2.23. The summed E-state index contributed by atoms with van der Waals surface area (Å²) in [7, 11) is 0. The smallest absolute Gasteiger partial charge is 0.326 e. The van der Waals surface area contributed by atoms with Gasteiger partial charge in [-0.05, 0) is 25.3 Å². The SMILES string of the molecule is CCOC=Cc1cn(C(CC(C)C)C(=O)O)c(=O)c(C(C)C)n1. The number of nitrogens with zero attached hydrogens (tertiary/aromatic N) is 2. The maximum Gasteiger partial charge on any atom is 0.326 e. The number of carboxylic acids is 1. The maximum atomic E-state index is 12.6. The lowest BCUT2D eigenvalue weighted by Crippen LogP contribution is -2.34. The van der Waals surface area contributed by atoms with Crippen LogP contribution in [0, 0.1) is 5.92 Å². The highest BCUT2D eigenvalue weighted by Gasteiger charge is 2.24.